The molecule has 1 N–H and O–H groups in total. The summed E-state index contributed by atoms with van der Waals surface area (Å²) in [5, 5.41) is 2.75. The Morgan fingerprint density at radius 2 is 1.86 bits per heavy atom. The van der Waals surface area contributed by atoms with Crippen LogP contribution in [0.2, 0.25) is 0 Å². The minimum atomic E-state index is -1.62. The number of hydrogen-bond acceptors (Lipinski definition) is 3. The van der Waals surface area contributed by atoms with E-state index in [9.17, 15) is 4.79 Å². The average molecular weight is 364 g/mol. The van der Waals surface area contributed by atoms with E-state index in [0.29, 0.717) is 26.3 Å². The van der Waals surface area contributed by atoms with Crippen molar-refractivity contribution in [3.05, 3.63) is 42.0 Å². The number of carbonyl (C=O) groups excluding carboxylic acids is 1. The van der Waals surface area contributed by atoms with Crippen molar-refractivity contribution in [3.8, 4) is 0 Å². The summed E-state index contributed by atoms with van der Waals surface area (Å²) in [6, 6.07) is 9.51. The van der Waals surface area contributed by atoms with Gasteiger partial charge in [0.25, 0.3) is 0 Å². The molecular formula is C15H17Cl3N2O2. The molecule has 0 aromatic heterocycles. The van der Waals surface area contributed by atoms with Gasteiger partial charge in [-0.05, 0) is 11.6 Å². The van der Waals surface area contributed by atoms with Crippen molar-refractivity contribution in [2.45, 2.75) is 9.96 Å². The van der Waals surface area contributed by atoms with Gasteiger partial charge in [0.1, 0.15) is 6.17 Å². The maximum absolute atomic E-state index is 12.1. The number of rotatable bonds is 4. The first kappa shape index (κ1) is 17.6. The molecule has 2 rings (SSSR count). The molecule has 1 aliphatic heterocycles. The molecule has 1 heterocycles. The predicted molar refractivity (Wildman–Crippen MR) is 90.1 cm³/mol. The highest BCUT2D eigenvalue weighted by molar-refractivity contribution is 6.68. The lowest BCUT2D eigenvalue weighted by atomic mass is 10.2. The van der Waals surface area contributed by atoms with E-state index >= 15 is 0 Å². The first-order valence-corrected chi connectivity index (χ1v) is 8.02. The quantitative estimate of drug-likeness (QED) is 0.661. The van der Waals surface area contributed by atoms with Crippen LogP contribution in [0, 0.1) is 0 Å². The fraction of sp³-hybridized carbons (Fsp3) is 0.400. The van der Waals surface area contributed by atoms with E-state index in [0.717, 1.165) is 5.56 Å². The molecule has 1 saturated heterocycles. The van der Waals surface area contributed by atoms with Crippen molar-refractivity contribution < 1.29 is 9.53 Å². The number of ether oxygens (including phenoxy) is 1. The summed E-state index contributed by atoms with van der Waals surface area (Å²) < 4.78 is 3.66. The molecule has 120 valence electrons. The molecule has 0 radical (unpaired) electrons. The standard InChI is InChI=1S/C15H17Cl3N2O2/c16-15(17,18)14(20-8-10-22-11-9-20)19-13(21)7-6-12-4-2-1-3-5-12/h1-7,14H,8-11H2,(H,19,21). The van der Waals surface area contributed by atoms with Gasteiger partial charge in [-0.2, -0.15) is 0 Å². The fourth-order valence-electron chi connectivity index (χ4n) is 2.13. The van der Waals surface area contributed by atoms with E-state index in [1.54, 1.807) is 6.08 Å². The van der Waals surface area contributed by atoms with E-state index in [4.69, 9.17) is 39.5 Å². The summed E-state index contributed by atoms with van der Waals surface area (Å²) in [4.78, 5) is 14.0. The van der Waals surface area contributed by atoms with Gasteiger partial charge >= 0.3 is 0 Å². The Kier molecular flexibility index (Phi) is 6.53. The molecule has 0 spiro atoms. The van der Waals surface area contributed by atoms with Crippen LogP contribution in [0.5, 0.6) is 0 Å². The third-order valence-corrected chi connectivity index (χ3v) is 3.85. The van der Waals surface area contributed by atoms with Crippen LogP contribution in [0.15, 0.2) is 36.4 Å². The van der Waals surface area contributed by atoms with E-state index in [2.05, 4.69) is 5.32 Å². The lowest BCUT2D eigenvalue weighted by Crippen LogP contribution is -2.58. The second-order valence-electron chi connectivity index (χ2n) is 4.85. The first-order valence-electron chi connectivity index (χ1n) is 6.89. The lowest BCUT2D eigenvalue weighted by molar-refractivity contribution is -0.119. The molecule has 22 heavy (non-hydrogen) atoms. The third-order valence-electron chi connectivity index (χ3n) is 3.23. The largest absolute Gasteiger partial charge is 0.379 e. The number of nitrogens with zero attached hydrogens (tertiary/aromatic N) is 1. The summed E-state index contributed by atoms with van der Waals surface area (Å²) in [6.45, 7) is 2.29. The lowest BCUT2D eigenvalue weighted by Gasteiger charge is -2.38. The number of alkyl halides is 3. The highest BCUT2D eigenvalue weighted by Crippen LogP contribution is 2.32. The molecule has 1 atom stereocenters. The van der Waals surface area contributed by atoms with Gasteiger partial charge in [-0.1, -0.05) is 65.1 Å². The van der Waals surface area contributed by atoms with Crippen molar-refractivity contribution in [2.75, 3.05) is 26.3 Å². The number of carbonyl (C=O) groups is 1. The predicted octanol–water partition coefficient (Wildman–Crippen LogP) is 2.84. The zero-order chi connectivity index (χ0) is 16.0. The van der Waals surface area contributed by atoms with Gasteiger partial charge < -0.3 is 10.1 Å². The minimum Gasteiger partial charge on any atom is -0.379 e. The molecule has 1 fully saturated rings. The van der Waals surface area contributed by atoms with Crippen molar-refractivity contribution in [3.63, 3.8) is 0 Å². The zero-order valence-corrected chi connectivity index (χ0v) is 14.1. The Balaban J connectivity index is 2.00. The molecule has 0 aliphatic carbocycles. The maximum Gasteiger partial charge on any atom is 0.245 e. The van der Waals surface area contributed by atoms with Gasteiger partial charge in [0.05, 0.1) is 13.2 Å². The average Bonchev–Trinajstić information content (AvgIpc) is 2.51. The summed E-state index contributed by atoms with van der Waals surface area (Å²) in [7, 11) is 0. The molecule has 4 nitrogen and oxygen atoms in total. The van der Waals surface area contributed by atoms with Gasteiger partial charge in [0.2, 0.25) is 9.70 Å². The Hall–Kier alpha value is -0.780. The van der Waals surface area contributed by atoms with E-state index in [1.165, 1.54) is 6.08 Å². The summed E-state index contributed by atoms with van der Waals surface area (Å²) in [5.41, 5.74) is 0.925. The monoisotopic (exact) mass is 362 g/mol. The zero-order valence-electron chi connectivity index (χ0n) is 11.8. The maximum atomic E-state index is 12.1. The Bertz CT molecular complexity index is 511. The van der Waals surface area contributed by atoms with Crippen molar-refractivity contribution in [1.82, 2.24) is 10.2 Å². The number of amides is 1. The van der Waals surface area contributed by atoms with E-state index < -0.39 is 9.96 Å². The van der Waals surface area contributed by atoms with Crippen molar-refractivity contribution in [2.24, 2.45) is 0 Å². The fourth-order valence-corrected chi connectivity index (χ4v) is 2.71. The summed E-state index contributed by atoms with van der Waals surface area (Å²) in [6.07, 6.45) is 2.44. The highest BCUT2D eigenvalue weighted by atomic mass is 35.6. The van der Waals surface area contributed by atoms with Crippen LogP contribution in [0.4, 0.5) is 0 Å². The second-order valence-corrected chi connectivity index (χ2v) is 7.21. The molecule has 7 heteroatoms. The minimum absolute atomic E-state index is 0.313. The Labute approximate surface area is 145 Å². The van der Waals surface area contributed by atoms with Gasteiger partial charge in [0, 0.05) is 19.2 Å². The SMILES string of the molecule is O=C(C=Cc1ccccc1)NC(N1CCOCC1)C(Cl)(Cl)Cl. The summed E-state index contributed by atoms with van der Waals surface area (Å²) in [5.74, 6) is -0.313. The van der Waals surface area contributed by atoms with Gasteiger partial charge in [-0.3, -0.25) is 9.69 Å². The molecule has 0 saturated carbocycles. The number of hydrogen-bond donors (Lipinski definition) is 1. The number of nitrogens with one attached hydrogen (secondary N) is 1. The van der Waals surface area contributed by atoms with Gasteiger partial charge in [-0.25, -0.2) is 0 Å². The molecular weight excluding hydrogens is 347 g/mol. The van der Waals surface area contributed by atoms with Gasteiger partial charge in [-0.15, -0.1) is 0 Å². The molecule has 1 amide bonds. The van der Waals surface area contributed by atoms with Crippen LogP contribution in [-0.4, -0.2) is 47.1 Å². The second kappa shape index (κ2) is 8.18. The van der Waals surface area contributed by atoms with Crippen LogP contribution in [0.3, 0.4) is 0 Å². The van der Waals surface area contributed by atoms with Crippen molar-refractivity contribution >= 4 is 46.8 Å². The normalized spacial score (nSPS) is 18.3. The molecule has 1 aliphatic rings. The van der Waals surface area contributed by atoms with Crippen LogP contribution >= 0.6 is 34.8 Å². The highest BCUT2D eigenvalue weighted by Gasteiger charge is 2.38. The van der Waals surface area contributed by atoms with Crippen LogP contribution in [-0.2, 0) is 9.53 Å². The Morgan fingerprint density at radius 1 is 1.23 bits per heavy atom. The van der Waals surface area contributed by atoms with Crippen LogP contribution in [0.1, 0.15) is 5.56 Å². The topological polar surface area (TPSA) is 41.6 Å². The van der Waals surface area contributed by atoms with Crippen LogP contribution < -0.4 is 5.32 Å². The molecule has 0 bridgehead atoms. The molecule has 1 aromatic rings. The van der Waals surface area contributed by atoms with Gasteiger partial charge in [0.15, 0.2) is 0 Å². The number of morpholine rings is 1. The molecule has 1 aromatic carbocycles. The van der Waals surface area contributed by atoms with Crippen molar-refractivity contribution in [1.29, 1.82) is 0 Å². The summed E-state index contributed by atoms with van der Waals surface area (Å²) >= 11 is 18.0. The van der Waals surface area contributed by atoms with Crippen LogP contribution in [0.25, 0.3) is 6.08 Å². The Morgan fingerprint density at radius 3 is 2.45 bits per heavy atom. The third kappa shape index (κ3) is 5.45. The van der Waals surface area contributed by atoms with E-state index in [-0.39, 0.29) is 5.91 Å². The molecule has 1 unspecified atom stereocenters. The number of halogens is 3. The number of benzene rings is 1. The van der Waals surface area contributed by atoms with E-state index in [1.807, 2.05) is 35.2 Å². The first-order chi connectivity index (χ1) is 10.5. The smallest absolute Gasteiger partial charge is 0.245 e.